The van der Waals surface area contributed by atoms with E-state index in [4.69, 9.17) is 4.74 Å². The van der Waals surface area contributed by atoms with Gasteiger partial charge in [-0.2, -0.15) is 0 Å². The van der Waals surface area contributed by atoms with Crippen molar-refractivity contribution in [3.05, 3.63) is 54.1 Å². The molecule has 0 aliphatic rings. The van der Waals surface area contributed by atoms with Crippen molar-refractivity contribution >= 4 is 28.6 Å². The van der Waals surface area contributed by atoms with Crippen LogP contribution in [0.5, 0.6) is 0 Å². The topological polar surface area (TPSA) is 86.1 Å². The third-order valence-electron chi connectivity index (χ3n) is 3.46. The molecule has 1 heterocycles. The molecule has 2 aromatic carbocycles. The molecule has 3 rings (SSSR count). The second-order valence-electron chi connectivity index (χ2n) is 5.82. The second-order valence-corrected chi connectivity index (χ2v) is 5.82. The lowest BCUT2D eigenvalue weighted by Gasteiger charge is -2.09. The SMILES string of the molecule is CC(C)OC(=O)c1ccc(NC(=O)Cn2nnc3ccccc32)cc1. The molecular weight excluding hydrogens is 320 g/mol. The number of rotatable bonds is 5. The van der Waals surface area contributed by atoms with E-state index in [1.165, 1.54) is 0 Å². The molecule has 0 saturated carbocycles. The molecule has 0 atom stereocenters. The summed E-state index contributed by atoms with van der Waals surface area (Å²) in [6.07, 6.45) is -0.176. The average molecular weight is 338 g/mol. The first-order chi connectivity index (χ1) is 12.0. The minimum Gasteiger partial charge on any atom is -0.459 e. The van der Waals surface area contributed by atoms with E-state index in [0.29, 0.717) is 11.3 Å². The number of anilines is 1. The van der Waals surface area contributed by atoms with Crippen LogP contribution in [-0.2, 0) is 16.1 Å². The molecule has 0 fully saturated rings. The first-order valence-corrected chi connectivity index (χ1v) is 7.92. The first kappa shape index (κ1) is 16.6. The van der Waals surface area contributed by atoms with E-state index in [1.54, 1.807) is 42.8 Å². The number of nitrogens with zero attached hydrogens (tertiary/aromatic N) is 3. The van der Waals surface area contributed by atoms with Crippen LogP contribution in [0.4, 0.5) is 5.69 Å². The van der Waals surface area contributed by atoms with Gasteiger partial charge in [-0.25, -0.2) is 9.48 Å². The lowest BCUT2D eigenvalue weighted by molar-refractivity contribution is -0.116. The summed E-state index contributed by atoms with van der Waals surface area (Å²) in [5.41, 5.74) is 2.57. The molecule has 25 heavy (non-hydrogen) atoms. The molecule has 7 nitrogen and oxygen atoms in total. The molecule has 0 radical (unpaired) electrons. The summed E-state index contributed by atoms with van der Waals surface area (Å²) >= 11 is 0. The Bertz CT molecular complexity index is 900. The summed E-state index contributed by atoms with van der Waals surface area (Å²) in [6, 6.07) is 14.0. The zero-order valence-electron chi connectivity index (χ0n) is 14.0. The van der Waals surface area contributed by atoms with E-state index in [1.807, 2.05) is 24.3 Å². The molecule has 1 amide bonds. The van der Waals surface area contributed by atoms with E-state index in [-0.39, 0.29) is 24.5 Å². The van der Waals surface area contributed by atoms with Crippen LogP contribution < -0.4 is 5.32 Å². The van der Waals surface area contributed by atoms with Crippen molar-refractivity contribution in [2.45, 2.75) is 26.5 Å². The van der Waals surface area contributed by atoms with Crippen molar-refractivity contribution in [1.82, 2.24) is 15.0 Å². The van der Waals surface area contributed by atoms with Crippen molar-refractivity contribution in [3.8, 4) is 0 Å². The van der Waals surface area contributed by atoms with Gasteiger partial charge in [-0.3, -0.25) is 4.79 Å². The average Bonchev–Trinajstić information content (AvgIpc) is 2.98. The number of para-hydroxylation sites is 1. The minimum absolute atomic E-state index is 0.0532. The standard InChI is InChI=1S/C18H18N4O3/c1-12(2)25-18(24)13-7-9-14(10-8-13)19-17(23)11-22-16-6-4-3-5-15(16)20-21-22/h3-10,12H,11H2,1-2H3,(H,19,23). The first-order valence-electron chi connectivity index (χ1n) is 7.92. The molecule has 0 aliphatic carbocycles. The van der Waals surface area contributed by atoms with Gasteiger partial charge in [0.15, 0.2) is 0 Å². The molecule has 0 saturated heterocycles. The van der Waals surface area contributed by atoms with Crippen LogP contribution in [0.15, 0.2) is 48.5 Å². The van der Waals surface area contributed by atoms with Crippen LogP contribution in [-0.4, -0.2) is 33.0 Å². The summed E-state index contributed by atoms with van der Waals surface area (Å²) in [4.78, 5) is 24.0. The molecule has 0 aliphatic heterocycles. The van der Waals surface area contributed by atoms with Crippen LogP contribution in [0.3, 0.4) is 0 Å². The zero-order valence-corrected chi connectivity index (χ0v) is 14.0. The Labute approximate surface area is 144 Å². The van der Waals surface area contributed by atoms with Crippen LogP contribution in [0.25, 0.3) is 11.0 Å². The van der Waals surface area contributed by atoms with E-state index in [2.05, 4.69) is 15.6 Å². The van der Waals surface area contributed by atoms with Gasteiger partial charge < -0.3 is 10.1 Å². The maximum atomic E-state index is 12.2. The van der Waals surface area contributed by atoms with Gasteiger partial charge in [-0.1, -0.05) is 17.3 Å². The third kappa shape index (κ3) is 4.00. The molecule has 1 aromatic heterocycles. The number of nitrogens with one attached hydrogen (secondary N) is 1. The molecule has 7 heteroatoms. The Kier molecular flexibility index (Phi) is 4.74. The Hall–Kier alpha value is -3.22. The number of aromatic nitrogens is 3. The van der Waals surface area contributed by atoms with Crippen molar-refractivity contribution < 1.29 is 14.3 Å². The molecule has 3 aromatic rings. The number of carbonyl (C=O) groups is 2. The summed E-state index contributed by atoms with van der Waals surface area (Å²) in [5.74, 6) is -0.616. The molecule has 0 spiro atoms. The molecule has 0 unspecified atom stereocenters. The maximum Gasteiger partial charge on any atom is 0.338 e. The summed E-state index contributed by atoms with van der Waals surface area (Å²) < 4.78 is 6.66. The van der Waals surface area contributed by atoms with Gasteiger partial charge in [0.05, 0.1) is 17.2 Å². The number of hydrogen-bond acceptors (Lipinski definition) is 5. The molecular formula is C18H18N4O3. The summed E-state index contributed by atoms with van der Waals surface area (Å²) in [5, 5.41) is 10.8. The summed E-state index contributed by atoms with van der Waals surface area (Å²) in [7, 11) is 0. The Morgan fingerprint density at radius 1 is 1.12 bits per heavy atom. The predicted octanol–water partition coefficient (Wildman–Crippen LogP) is 2.64. The highest BCUT2D eigenvalue weighted by atomic mass is 16.5. The number of benzene rings is 2. The van der Waals surface area contributed by atoms with Gasteiger partial charge in [0, 0.05) is 5.69 Å². The number of hydrogen-bond donors (Lipinski definition) is 1. The second kappa shape index (κ2) is 7.12. The number of ether oxygens (including phenoxy) is 1. The normalized spacial score (nSPS) is 10.8. The van der Waals surface area contributed by atoms with Gasteiger partial charge in [0.2, 0.25) is 5.91 Å². The zero-order chi connectivity index (χ0) is 17.8. The van der Waals surface area contributed by atoms with Crippen LogP contribution in [0, 0.1) is 0 Å². The quantitative estimate of drug-likeness (QED) is 0.723. The Balaban J connectivity index is 1.64. The van der Waals surface area contributed by atoms with E-state index in [9.17, 15) is 9.59 Å². The fraction of sp³-hybridized carbons (Fsp3) is 0.222. The maximum absolute atomic E-state index is 12.2. The lowest BCUT2D eigenvalue weighted by atomic mass is 10.2. The van der Waals surface area contributed by atoms with Gasteiger partial charge in [0.1, 0.15) is 12.1 Å². The van der Waals surface area contributed by atoms with Crippen LogP contribution in [0.1, 0.15) is 24.2 Å². The van der Waals surface area contributed by atoms with E-state index >= 15 is 0 Å². The molecule has 0 bridgehead atoms. The van der Waals surface area contributed by atoms with Crippen LogP contribution in [0.2, 0.25) is 0 Å². The third-order valence-corrected chi connectivity index (χ3v) is 3.46. The number of amides is 1. The highest BCUT2D eigenvalue weighted by molar-refractivity contribution is 5.93. The number of carbonyl (C=O) groups excluding carboxylic acids is 2. The smallest absolute Gasteiger partial charge is 0.338 e. The van der Waals surface area contributed by atoms with Gasteiger partial charge in [0.25, 0.3) is 0 Å². The monoisotopic (exact) mass is 338 g/mol. The fourth-order valence-corrected chi connectivity index (χ4v) is 2.34. The molecule has 1 N–H and O–H groups in total. The minimum atomic E-state index is -0.387. The predicted molar refractivity (Wildman–Crippen MR) is 93.2 cm³/mol. The Morgan fingerprint density at radius 3 is 2.56 bits per heavy atom. The lowest BCUT2D eigenvalue weighted by Crippen LogP contribution is -2.19. The van der Waals surface area contributed by atoms with E-state index < -0.39 is 0 Å². The fourth-order valence-electron chi connectivity index (χ4n) is 2.34. The van der Waals surface area contributed by atoms with Gasteiger partial charge in [-0.05, 0) is 50.2 Å². The largest absolute Gasteiger partial charge is 0.459 e. The van der Waals surface area contributed by atoms with E-state index in [0.717, 1.165) is 11.0 Å². The van der Waals surface area contributed by atoms with Crippen molar-refractivity contribution in [3.63, 3.8) is 0 Å². The highest BCUT2D eigenvalue weighted by Crippen LogP contribution is 2.13. The van der Waals surface area contributed by atoms with Crippen molar-refractivity contribution in [2.75, 3.05) is 5.32 Å². The summed E-state index contributed by atoms with van der Waals surface area (Å²) in [6.45, 7) is 3.64. The van der Waals surface area contributed by atoms with Crippen molar-refractivity contribution in [1.29, 1.82) is 0 Å². The van der Waals surface area contributed by atoms with Gasteiger partial charge in [-0.15, -0.1) is 5.10 Å². The number of esters is 1. The molecule has 128 valence electrons. The van der Waals surface area contributed by atoms with Crippen LogP contribution >= 0.6 is 0 Å². The van der Waals surface area contributed by atoms with Crippen molar-refractivity contribution in [2.24, 2.45) is 0 Å². The highest BCUT2D eigenvalue weighted by Gasteiger charge is 2.11. The number of fused-ring (bicyclic) bond motifs is 1. The van der Waals surface area contributed by atoms with Gasteiger partial charge >= 0.3 is 5.97 Å². The Morgan fingerprint density at radius 2 is 1.84 bits per heavy atom.